The summed E-state index contributed by atoms with van der Waals surface area (Å²) in [6, 6.07) is 8.85. The number of halogens is 1. The van der Waals surface area contributed by atoms with Gasteiger partial charge in [0.1, 0.15) is 10.7 Å². The minimum absolute atomic E-state index is 0.147. The van der Waals surface area contributed by atoms with Crippen LogP contribution in [0.2, 0.25) is 5.02 Å². The lowest BCUT2D eigenvalue weighted by atomic mass is 10.2. The second-order valence-corrected chi connectivity index (χ2v) is 7.94. The SMILES string of the molecule is Cc1ccc(Cl)cc1Nc1ccc(NS(=O)(=O)c2c(C)n[nH]c2C)cn1. The van der Waals surface area contributed by atoms with Gasteiger partial charge in [0.2, 0.25) is 0 Å². The van der Waals surface area contributed by atoms with Crippen LogP contribution < -0.4 is 10.0 Å². The van der Waals surface area contributed by atoms with Gasteiger partial charge >= 0.3 is 0 Å². The Morgan fingerprint density at radius 2 is 1.88 bits per heavy atom. The quantitative estimate of drug-likeness (QED) is 0.611. The number of H-pyrrole nitrogens is 1. The molecule has 0 saturated carbocycles. The van der Waals surface area contributed by atoms with Crippen LogP contribution in [0.3, 0.4) is 0 Å². The highest BCUT2D eigenvalue weighted by atomic mass is 35.5. The maximum atomic E-state index is 12.5. The molecule has 0 bridgehead atoms. The zero-order valence-electron chi connectivity index (χ0n) is 14.5. The Labute approximate surface area is 156 Å². The molecule has 7 nitrogen and oxygen atoms in total. The number of hydrogen-bond acceptors (Lipinski definition) is 5. The number of rotatable bonds is 5. The third-order valence-electron chi connectivity index (χ3n) is 3.81. The molecule has 0 aliphatic rings. The molecule has 0 radical (unpaired) electrons. The molecule has 1 aromatic carbocycles. The summed E-state index contributed by atoms with van der Waals surface area (Å²) in [6.07, 6.45) is 1.45. The first-order valence-electron chi connectivity index (χ1n) is 7.80. The summed E-state index contributed by atoms with van der Waals surface area (Å²) in [4.78, 5) is 4.40. The van der Waals surface area contributed by atoms with Gasteiger partial charge in [-0.05, 0) is 50.6 Å². The molecule has 0 atom stereocenters. The number of aryl methyl sites for hydroxylation is 3. The fraction of sp³-hybridized carbons (Fsp3) is 0.176. The van der Waals surface area contributed by atoms with Gasteiger partial charge < -0.3 is 5.32 Å². The van der Waals surface area contributed by atoms with Gasteiger partial charge in [-0.3, -0.25) is 9.82 Å². The maximum absolute atomic E-state index is 12.5. The third kappa shape index (κ3) is 3.81. The predicted octanol–water partition coefficient (Wildman–Crippen LogP) is 3.93. The van der Waals surface area contributed by atoms with Crippen molar-refractivity contribution in [3.63, 3.8) is 0 Å². The molecular weight excluding hydrogens is 374 g/mol. The molecule has 0 saturated heterocycles. The molecule has 0 fully saturated rings. The van der Waals surface area contributed by atoms with Crippen LogP contribution in [-0.4, -0.2) is 23.6 Å². The number of pyridine rings is 1. The van der Waals surface area contributed by atoms with Crippen LogP contribution in [0.15, 0.2) is 41.4 Å². The van der Waals surface area contributed by atoms with Crippen LogP contribution in [0.5, 0.6) is 0 Å². The summed E-state index contributed by atoms with van der Waals surface area (Å²) < 4.78 is 27.6. The molecule has 2 aromatic heterocycles. The van der Waals surface area contributed by atoms with E-state index >= 15 is 0 Å². The highest BCUT2D eigenvalue weighted by Gasteiger charge is 2.22. The van der Waals surface area contributed by atoms with Gasteiger partial charge in [0.05, 0.1) is 23.3 Å². The molecule has 136 valence electrons. The molecule has 3 aromatic rings. The zero-order valence-corrected chi connectivity index (χ0v) is 16.0. The monoisotopic (exact) mass is 391 g/mol. The van der Waals surface area contributed by atoms with E-state index in [1.807, 2.05) is 19.1 Å². The molecule has 0 amide bonds. The van der Waals surface area contributed by atoms with Crippen molar-refractivity contribution in [2.45, 2.75) is 25.7 Å². The van der Waals surface area contributed by atoms with E-state index in [-0.39, 0.29) is 4.90 Å². The van der Waals surface area contributed by atoms with E-state index in [4.69, 9.17) is 11.6 Å². The van der Waals surface area contributed by atoms with E-state index in [0.29, 0.717) is 27.9 Å². The summed E-state index contributed by atoms with van der Waals surface area (Å²) in [7, 11) is -3.74. The van der Waals surface area contributed by atoms with Gasteiger partial charge in [-0.15, -0.1) is 0 Å². The van der Waals surface area contributed by atoms with E-state index in [1.54, 1.807) is 32.0 Å². The Morgan fingerprint density at radius 3 is 2.50 bits per heavy atom. The lowest BCUT2D eigenvalue weighted by Gasteiger charge is -2.11. The average molecular weight is 392 g/mol. The number of anilines is 3. The standard InChI is InChI=1S/C17H18ClN5O2S/c1-10-4-5-13(18)8-15(10)20-16-7-6-14(9-19-16)23-26(24,25)17-11(2)21-22-12(17)3/h4-9,23H,1-3H3,(H,19,20)(H,21,22). The first kappa shape index (κ1) is 18.2. The number of hydrogen-bond donors (Lipinski definition) is 3. The number of aromatic nitrogens is 3. The molecule has 26 heavy (non-hydrogen) atoms. The minimum atomic E-state index is -3.74. The highest BCUT2D eigenvalue weighted by molar-refractivity contribution is 7.92. The normalized spacial score (nSPS) is 11.4. The summed E-state index contributed by atoms with van der Waals surface area (Å²) in [5, 5.41) is 10.4. The van der Waals surface area contributed by atoms with Gasteiger partial charge in [0, 0.05) is 10.7 Å². The van der Waals surface area contributed by atoms with Crippen molar-refractivity contribution in [3.8, 4) is 0 Å². The second kappa shape index (κ2) is 6.97. The molecule has 0 aliphatic heterocycles. The number of sulfonamides is 1. The van der Waals surface area contributed by atoms with Crippen LogP contribution in [0.25, 0.3) is 0 Å². The third-order valence-corrected chi connectivity index (χ3v) is 5.69. The van der Waals surface area contributed by atoms with E-state index in [0.717, 1.165) is 11.3 Å². The molecule has 0 aliphatic carbocycles. The van der Waals surface area contributed by atoms with E-state index in [2.05, 4.69) is 25.2 Å². The Hall–Kier alpha value is -2.58. The van der Waals surface area contributed by atoms with E-state index in [9.17, 15) is 8.42 Å². The largest absolute Gasteiger partial charge is 0.340 e. The van der Waals surface area contributed by atoms with Crippen LogP contribution in [0.4, 0.5) is 17.2 Å². The van der Waals surface area contributed by atoms with Crippen LogP contribution >= 0.6 is 11.6 Å². The molecule has 3 rings (SSSR count). The fourth-order valence-electron chi connectivity index (χ4n) is 2.54. The molecule has 3 N–H and O–H groups in total. The lowest BCUT2D eigenvalue weighted by molar-refractivity contribution is 0.600. The molecule has 0 unspecified atom stereocenters. The van der Waals surface area contributed by atoms with Crippen molar-refractivity contribution in [2.75, 3.05) is 10.0 Å². The van der Waals surface area contributed by atoms with Crippen molar-refractivity contribution < 1.29 is 8.42 Å². The second-order valence-electron chi connectivity index (χ2n) is 5.88. The number of nitrogens with one attached hydrogen (secondary N) is 3. The topological polar surface area (TPSA) is 99.8 Å². The summed E-state index contributed by atoms with van der Waals surface area (Å²) in [5.74, 6) is 0.578. The first-order chi connectivity index (χ1) is 12.3. The number of benzene rings is 1. The molecular formula is C17H18ClN5O2S. The lowest BCUT2D eigenvalue weighted by Crippen LogP contribution is -2.14. The maximum Gasteiger partial charge on any atom is 0.265 e. The number of nitrogens with zero attached hydrogens (tertiary/aromatic N) is 2. The summed E-state index contributed by atoms with van der Waals surface area (Å²) >= 11 is 6.01. The van der Waals surface area contributed by atoms with Gasteiger partial charge in [-0.2, -0.15) is 5.10 Å². The van der Waals surface area contributed by atoms with Gasteiger partial charge in [-0.25, -0.2) is 13.4 Å². The Balaban J connectivity index is 1.79. The molecule has 9 heteroatoms. The smallest absolute Gasteiger partial charge is 0.265 e. The van der Waals surface area contributed by atoms with Crippen molar-refractivity contribution in [1.29, 1.82) is 0 Å². The first-order valence-corrected chi connectivity index (χ1v) is 9.66. The van der Waals surface area contributed by atoms with Crippen LogP contribution in [0, 0.1) is 20.8 Å². The summed E-state index contributed by atoms with van der Waals surface area (Å²) in [5.41, 5.74) is 3.11. The zero-order chi connectivity index (χ0) is 18.9. The summed E-state index contributed by atoms with van der Waals surface area (Å²) in [6.45, 7) is 5.25. The van der Waals surface area contributed by atoms with Crippen molar-refractivity contribution >= 4 is 38.8 Å². The van der Waals surface area contributed by atoms with Crippen molar-refractivity contribution in [2.24, 2.45) is 0 Å². The van der Waals surface area contributed by atoms with Crippen LogP contribution in [-0.2, 0) is 10.0 Å². The Bertz CT molecular complexity index is 1030. The Morgan fingerprint density at radius 1 is 1.12 bits per heavy atom. The van der Waals surface area contributed by atoms with Crippen molar-refractivity contribution in [1.82, 2.24) is 15.2 Å². The van der Waals surface area contributed by atoms with Gasteiger partial charge in [-0.1, -0.05) is 17.7 Å². The van der Waals surface area contributed by atoms with E-state index in [1.165, 1.54) is 6.20 Å². The molecule has 0 spiro atoms. The molecule has 2 heterocycles. The Kier molecular flexibility index (Phi) is 4.88. The average Bonchev–Trinajstić information content (AvgIpc) is 2.92. The predicted molar refractivity (Wildman–Crippen MR) is 103 cm³/mol. The number of aromatic amines is 1. The van der Waals surface area contributed by atoms with Crippen molar-refractivity contribution in [3.05, 3.63) is 58.5 Å². The van der Waals surface area contributed by atoms with E-state index < -0.39 is 10.0 Å². The van der Waals surface area contributed by atoms with Gasteiger partial charge in [0.25, 0.3) is 10.0 Å². The minimum Gasteiger partial charge on any atom is -0.340 e. The van der Waals surface area contributed by atoms with Crippen LogP contribution in [0.1, 0.15) is 17.0 Å². The fourth-order valence-corrected chi connectivity index (χ4v) is 4.13. The van der Waals surface area contributed by atoms with Gasteiger partial charge in [0.15, 0.2) is 0 Å². The highest BCUT2D eigenvalue weighted by Crippen LogP contribution is 2.25.